The Morgan fingerprint density at radius 2 is 2.00 bits per heavy atom. The van der Waals surface area contributed by atoms with Gasteiger partial charge in [-0.25, -0.2) is 0 Å². The fraction of sp³-hybridized carbons (Fsp3) is 1.00. The van der Waals surface area contributed by atoms with Crippen molar-refractivity contribution in [2.45, 2.75) is 37.8 Å². The first-order chi connectivity index (χ1) is 5.15. The average Bonchev–Trinajstić information content (AvgIpc) is 1.97. The van der Waals surface area contributed by atoms with Crippen molar-refractivity contribution in [2.75, 3.05) is 6.61 Å². The van der Waals surface area contributed by atoms with Gasteiger partial charge in [0.1, 0.15) is 6.10 Å². The first-order valence-corrected chi connectivity index (χ1v) is 3.77. The molecule has 0 spiro atoms. The topological polar surface area (TPSA) is 69.9 Å². The highest BCUT2D eigenvalue weighted by molar-refractivity contribution is 4.81. The van der Waals surface area contributed by atoms with E-state index in [9.17, 15) is 10.2 Å². The van der Waals surface area contributed by atoms with Crippen LogP contribution in [0.2, 0.25) is 0 Å². The third kappa shape index (κ3) is 1.90. The minimum absolute atomic E-state index is 0.196. The van der Waals surface area contributed by atoms with E-state index in [2.05, 4.69) is 0 Å². The van der Waals surface area contributed by atoms with Crippen molar-refractivity contribution in [3.05, 3.63) is 0 Å². The van der Waals surface area contributed by atoms with Gasteiger partial charge in [-0.05, 0) is 6.92 Å². The van der Waals surface area contributed by atoms with Gasteiger partial charge < -0.3 is 20.1 Å². The van der Waals surface area contributed by atoms with E-state index in [1.807, 2.05) is 0 Å². The first-order valence-electron chi connectivity index (χ1n) is 3.77. The summed E-state index contributed by atoms with van der Waals surface area (Å²) < 4.78 is 5.11. The predicted molar refractivity (Wildman–Crippen MR) is 38.1 cm³/mol. The molecule has 1 heterocycles. The number of hydrogen-bond acceptors (Lipinski definition) is 4. The molecular formula is C7H14O4. The Balaban J connectivity index is 2.48. The van der Waals surface area contributed by atoms with Crippen molar-refractivity contribution in [1.82, 2.24) is 0 Å². The molecule has 0 aromatic carbocycles. The van der Waals surface area contributed by atoms with Gasteiger partial charge in [-0.2, -0.15) is 0 Å². The largest absolute Gasteiger partial charge is 0.394 e. The molecule has 1 fully saturated rings. The van der Waals surface area contributed by atoms with Crippen molar-refractivity contribution in [3.63, 3.8) is 0 Å². The molecule has 0 amide bonds. The molecular weight excluding hydrogens is 148 g/mol. The summed E-state index contributed by atoms with van der Waals surface area (Å²) in [5.41, 5.74) is 0. The van der Waals surface area contributed by atoms with Crippen LogP contribution in [0.25, 0.3) is 0 Å². The zero-order valence-corrected chi connectivity index (χ0v) is 6.47. The van der Waals surface area contributed by atoms with E-state index >= 15 is 0 Å². The lowest BCUT2D eigenvalue weighted by molar-refractivity contribution is -0.173. The van der Waals surface area contributed by atoms with E-state index in [0.29, 0.717) is 0 Å². The lowest BCUT2D eigenvalue weighted by Crippen LogP contribution is -2.47. The highest BCUT2D eigenvalue weighted by Gasteiger charge is 2.32. The molecule has 0 aromatic rings. The van der Waals surface area contributed by atoms with Gasteiger partial charge in [0.25, 0.3) is 0 Å². The Labute approximate surface area is 65.4 Å². The molecule has 4 atom stereocenters. The Morgan fingerprint density at radius 1 is 1.36 bits per heavy atom. The van der Waals surface area contributed by atoms with Crippen LogP contribution in [0.5, 0.6) is 0 Å². The highest BCUT2D eigenvalue weighted by Crippen LogP contribution is 2.19. The summed E-state index contributed by atoms with van der Waals surface area (Å²) in [5.74, 6) is 0. The second-order valence-corrected chi connectivity index (χ2v) is 2.93. The second kappa shape index (κ2) is 3.49. The van der Waals surface area contributed by atoms with Crippen LogP contribution < -0.4 is 0 Å². The predicted octanol–water partition coefficient (Wildman–Crippen LogP) is -1.12. The fourth-order valence-corrected chi connectivity index (χ4v) is 1.21. The highest BCUT2D eigenvalue weighted by atomic mass is 16.5. The van der Waals surface area contributed by atoms with Gasteiger partial charge in [0.15, 0.2) is 0 Å². The third-order valence-corrected chi connectivity index (χ3v) is 2.02. The van der Waals surface area contributed by atoms with Crippen molar-refractivity contribution in [1.29, 1.82) is 0 Å². The molecule has 3 N–H and O–H groups in total. The molecule has 4 heteroatoms. The van der Waals surface area contributed by atoms with Crippen LogP contribution >= 0.6 is 0 Å². The SMILES string of the molecule is CC1O[C@H](CO)[C@H](O)CC1O. The summed E-state index contributed by atoms with van der Waals surface area (Å²) in [6.07, 6.45) is -1.91. The summed E-state index contributed by atoms with van der Waals surface area (Å²) in [4.78, 5) is 0. The lowest BCUT2D eigenvalue weighted by atomic mass is 10.00. The van der Waals surface area contributed by atoms with Crippen LogP contribution in [-0.2, 0) is 4.74 Å². The van der Waals surface area contributed by atoms with E-state index < -0.39 is 18.3 Å². The summed E-state index contributed by atoms with van der Waals surface area (Å²) in [6.45, 7) is 1.53. The quantitative estimate of drug-likeness (QED) is 0.456. The molecule has 2 unspecified atom stereocenters. The molecule has 66 valence electrons. The van der Waals surface area contributed by atoms with Crippen LogP contribution in [0.3, 0.4) is 0 Å². The van der Waals surface area contributed by atoms with Crippen molar-refractivity contribution in [2.24, 2.45) is 0 Å². The standard InChI is InChI=1S/C7H14O4/c1-4-5(9)2-6(10)7(3-8)11-4/h4-10H,2-3H2,1H3/t4?,5?,6-,7-/m1/s1. The van der Waals surface area contributed by atoms with Crippen molar-refractivity contribution >= 4 is 0 Å². The normalized spacial score (nSPS) is 45.8. The molecule has 0 bridgehead atoms. The maximum Gasteiger partial charge on any atom is 0.107 e. The smallest absolute Gasteiger partial charge is 0.107 e. The van der Waals surface area contributed by atoms with Crippen LogP contribution in [0.4, 0.5) is 0 Å². The van der Waals surface area contributed by atoms with Gasteiger partial charge in [0.2, 0.25) is 0 Å². The Kier molecular flexibility index (Phi) is 2.84. The summed E-state index contributed by atoms with van der Waals surface area (Å²) >= 11 is 0. The molecule has 0 saturated carbocycles. The monoisotopic (exact) mass is 162 g/mol. The van der Waals surface area contributed by atoms with E-state index in [4.69, 9.17) is 9.84 Å². The fourth-order valence-electron chi connectivity index (χ4n) is 1.21. The molecule has 4 nitrogen and oxygen atoms in total. The average molecular weight is 162 g/mol. The number of ether oxygens (including phenoxy) is 1. The zero-order valence-electron chi connectivity index (χ0n) is 6.47. The molecule has 1 saturated heterocycles. The molecule has 0 aromatic heterocycles. The summed E-state index contributed by atoms with van der Waals surface area (Å²) in [7, 11) is 0. The minimum atomic E-state index is -0.744. The Bertz CT molecular complexity index is 128. The minimum Gasteiger partial charge on any atom is -0.394 e. The summed E-state index contributed by atoms with van der Waals surface area (Å²) in [5, 5.41) is 27.1. The zero-order chi connectivity index (χ0) is 8.43. The number of rotatable bonds is 1. The Hall–Kier alpha value is -0.160. The lowest BCUT2D eigenvalue weighted by Gasteiger charge is -2.34. The van der Waals surface area contributed by atoms with Gasteiger partial charge in [-0.15, -0.1) is 0 Å². The van der Waals surface area contributed by atoms with E-state index in [1.54, 1.807) is 6.92 Å². The second-order valence-electron chi connectivity index (χ2n) is 2.93. The molecule has 0 radical (unpaired) electrons. The van der Waals surface area contributed by atoms with Crippen molar-refractivity contribution < 1.29 is 20.1 Å². The van der Waals surface area contributed by atoms with Gasteiger partial charge in [-0.3, -0.25) is 0 Å². The van der Waals surface area contributed by atoms with Crippen LogP contribution in [0, 0.1) is 0 Å². The number of aliphatic hydroxyl groups is 3. The maximum atomic E-state index is 9.21. The van der Waals surface area contributed by atoms with Crippen molar-refractivity contribution in [3.8, 4) is 0 Å². The Morgan fingerprint density at radius 3 is 2.55 bits per heavy atom. The van der Waals surface area contributed by atoms with E-state index in [0.717, 1.165) is 0 Å². The van der Waals surface area contributed by atoms with Crippen LogP contribution in [0.15, 0.2) is 0 Å². The molecule has 1 rings (SSSR count). The van der Waals surface area contributed by atoms with Gasteiger partial charge in [-0.1, -0.05) is 0 Å². The molecule has 1 aliphatic heterocycles. The molecule has 0 aliphatic carbocycles. The van der Waals surface area contributed by atoms with E-state index in [-0.39, 0.29) is 19.1 Å². The first kappa shape index (κ1) is 8.93. The maximum absolute atomic E-state index is 9.21. The molecule has 1 aliphatic rings. The summed E-state index contributed by atoms with van der Waals surface area (Å²) in [6, 6.07) is 0. The van der Waals surface area contributed by atoms with Crippen LogP contribution in [0.1, 0.15) is 13.3 Å². The van der Waals surface area contributed by atoms with Gasteiger partial charge >= 0.3 is 0 Å². The molecule has 11 heavy (non-hydrogen) atoms. The van der Waals surface area contributed by atoms with Gasteiger partial charge in [0, 0.05) is 6.42 Å². The van der Waals surface area contributed by atoms with E-state index in [1.165, 1.54) is 0 Å². The van der Waals surface area contributed by atoms with Crippen LogP contribution in [-0.4, -0.2) is 46.3 Å². The number of aliphatic hydroxyl groups excluding tert-OH is 3. The third-order valence-electron chi connectivity index (χ3n) is 2.02. The van der Waals surface area contributed by atoms with Gasteiger partial charge in [0.05, 0.1) is 24.9 Å². The number of hydrogen-bond donors (Lipinski definition) is 3.